The maximum atomic E-state index is 13.3. The molecule has 1 aliphatic rings. The Balaban J connectivity index is 1.48. The Morgan fingerprint density at radius 1 is 1.24 bits per heavy atom. The summed E-state index contributed by atoms with van der Waals surface area (Å²) in [4.78, 5) is 22.6. The van der Waals surface area contributed by atoms with Crippen LogP contribution in [0.25, 0.3) is 0 Å². The summed E-state index contributed by atoms with van der Waals surface area (Å²) < 4.78 is 54.3. The lowest BCUT2D eigenvalue weighted by atomic mass is 10.1. The van der Waals surface area contributed by atoms with E-state index >= 15 is 0 Å². The topological polar surface area (TPSA) is 88.0 Å². The van der Waals surface area contributed by atoms with Crippen molar-refractivity contribution in [2.45, 2.75) is 39.2 Å². The average Bonchev–Trinajstić information content (AvgIpc) is 3.19. The summed E-state index contributed by atoms with van der Waals surface area (Å²) in [6.07, 6.45) is -1.56. The van der Waals surface area contributed by atoms with Crippen LogP contribution in [0.5, 0.6) is 0 Å². The first kappa shape index (κ1) is 22.5. The highest BCUT2D eigenvalue weighted by molar-refractivity contribution is 6.03. The van der Waals surface area contributed by atoms with Crippen LogP contribution in [-0.4, -0.2) is 38.7 Å². The van der Waals surface area contributed by atoms with E-state index in [1.807, 2.05) is 0 Å². The predicted molar refractivity (Wildman–Crippen MR) is 113 cm³/mol. The number of nitrogens with one attached hydrogen (secondary N) is 2. The number of rotatable bonds is 5. The zero-order chi connectivity index (χ0) is 23.9. The number of aromatic nitrogens is 4. The predicted octanol–water partition coefficient (Wildman–Crippen LogP) is 3.58. The van der Waals surface area contributed by atoms with Crippen molar-refractivity contribution in [3.63, 3.8) is 0 Å². The van der Waals surface area contributed by atoms with Gasteiger partial charge in [-0.05, 0) is 31.5 Å². The van der Waals surface area contributed by atoms with Gasteiger partial charge in [-0.25, -0.2) is 9.37 Å². The van der Waals surface area contributed by atoms with Gasteiger partial charge >= 0.3 is 6.18 Å². The minimum absolute atomic E-state index is 0.0839. The minimum Gasteiger partial charge on any atom is -0.350 e. The minimum atomic E-state index is -4.67. The van der Waals surface area contributed by atoms with Crippen LogP contribution in [0, 0.1) is 12.7 Å². The fraction of sp³-hybridized carbons (Fsp3) is 0.333. The summed E-state index contributed by atoms with van der Waals surface area (Å²) in [5.74, 6) is -0.160. The SMILES string of the molecule is Cc1nc(NCc2cnn(Cc3ccc(F)cc3C(F)(F)F)c2)nc2c1NC(=O)[C@H](C)N2C. The monoisotopic (exact) mass is 463 g/mol. The third-order valence-corrected chi connectivity index (χ3v) is 5.46. The van der Waals surface area contributed by atoms with E-state index in [4.69, 9.17) is 0 Å². The number of likely N-dealkylation sites (N-methyl/N-ethyl adjacent to an activating group) is 1. The van der Waals surface area contributed by atoms with Gasteiger partial charge in [-0.1, -0.05) is 6.07 Å². The lowest BCUT2D eigenvalue weighted by Crippen LogP contribution is -2.44. The van der Waals surface area contributed by atoms with Crippen LogP contribution in [0.4, 0.5) is 35.0 Å². The number of hydrogen-bond donors (Lipinski definition) is 2. The van der Waals surface area contributed by atoms with Crippen molar-refractivity contribution in [1.29, 1.82) is 0 Å². The lowest BCUT2D eigenvalue weighted by Gasteiger charge is -2.32. The zero-order valence-electron chi connectivity index (χ0n) is 18.0. The molecule has 0 saturated heterocycles. The summed E-state index contributed by atoms with van der Waals surface area (Å²) in [5.41, 5.74) is 0.736. The Morgan fingerprint density at radius 3 is 2.73 bits per heavy atom. The molecule has 3 aromatic rings. The van der Waals surface area contributed by atoms with Gasteiger partial charge in [0.1, 0.15) is 17.5 Å². The Bertz CT molecular complexity index is 1210. The second-order valence-corrected chi connectivity index (χ2v) is 7.81. The van der Waals surface area contributed by atoms with Crippen molar-refractivity contribution in [2.75, 3.05) is 22.6 Å². The first-order chi connectivity index (χ1) is 15.5. The van der Waals surface area contributed by atoms with E-state index in [0.29, 0.717) is 34.8 Å². The van der Waals surface area contributed by atoms with E-state index in [-0.39, 0.29) is 30.6 Å². The highest BCUT2D eigenvalue weighted by atomic mass is 19.4. The Hall–Kier alpha value is -3.70. The summed E-state index contributed by atoms with van der Waals surface area (Å²) >= 11 is 0. The molecule has 174 valence electrons. The van der Waals surface area contributed by atoms with Crippen molar-refractivity contribution >= 4 is 23.4 Å². The fourth-order valence-corrected chi connectivity index (χ4v) is 3.52. The second kappa shape index (κ2) is 8.34. The summed E-state index contributed by atoms with van der Waals surface area (Å²) in [5, 5.41) is 9.98. The normalized spacial score (nSPS) is 15.9. The van der Waals surface area contributed by atoms with E-state index in [1.165, 1.54) is 10.9 Å². The molecule has 0 radical (unpaired) electrons. The smallest absolute Gasteiger partial charge is 0.350 e. The van der Waals surface area contributed by atoms with Gasteiger partial charge in [0.05, 0.1) is 24.0 Å². The lowest BCUT2D eigenvalue weighted by molar-refractivity contribution is -0.138. The summed E-state index contributed by atoms with van der Waals surface area (Å²) in [7, 11) is 1.77. The molecule has 2 N–H and O–H groups in total. The largest absolute Gasteiger partial charge is 0.416 e. The highest BCUT2D eigenvalue weighted by Gasteiger charge is 2.34. The number of amides is 1. The maximum Gasteiger partial charge on any atom is 0.416 e. The van der Waals surface area contributed by atoms with Crippen LogP contribution in [0.15, 0.2) is 30.6 Å². The molecule has 4 rings (SSSR count). The van der Waals surface area contributed by atoms with E-state index in [2.05, 4.69) is 25.7 Å². The van der Waals surface area contributed by atoms with Crippen LogP contribution in [0.2, 0.25) is 0 Å². The first-order valence-corrected chi connectivity index (χ1v) is 10.1. The van der Waals surface area contributed by atoms with E-state index in [1.54, 1.807) is 32.0 Å². The quantitative estimate of drug-likeness (QED) is 0.563. The summed E-state index contributed by atoms with van der Waals surface area (Å²) in [6.45, 7) is 3.64. The number of benzene rings is 1. The number of carbonyl (C=O) groups excluding carboxylic acids is 1. The van der Waals surface area contributed by atoms with Gasteiger partial charge in [-0.15, -0.1) is 0 Å². The van der Waals surface area contributed by atoms with Crippen LogP contribution < -0.4 is 15.5 Å². The van der Waals surface area contributed by atoms with Gasteiger partial charge in [0, 0.05) is 25.4 Å². The van der Waals surface area contributed by atoms with Crippen LogP contribution >= 0.6 is 0 Å². The van der Waals surface area contributed by atoms with Crippen molar-refractivity contribution in [3.8, 4) is 0 Å². The molecule has 0 bridgehead atoms. The second-order valence-electron chi connectivity index (χ2n) is 7.81. The van der Waals surface area contributed by atoms with Gasteiger partial charge in [0.2, 0.25) is 11.9 Å². The van der Waals surface area contributed by atoms with Crippen molar-refractivity contribution < 1.29 is 22.4 Å². The number of fused-ring (bicyclic) bond motifs is 1. The molecular weight excluding hydrogens is 442 g/mol. The number of aryl methyl sites for hydroxylation is 1. The van der Waals surface area contributed by atoms with Gasteiger partial charge in [-0.2, -0.15) is 23.3 Å². The molecule has 33 heavy (non-hydrogen) atoms. The summed E-state index contributed by atoms with van der Waals surface area (Å²) in [6, 6.07) is 2.20. The molecule has 0 fully saturated rings. The molecular formula is C21H21F4N7O. The number of halogens is 4. The fourth-order valence-electron chi connectivity index (χ4n) is 3.52. The molecule has 0 saturated carbocycles. The average molecular weight is 463 g/mol. The Labute approximate surface area is 186 Å². The molecule has 3 heterocycles. The Morgan fingerprint density at radius 2 is 2.00 bits per heavy atom. The van der Waals surface area contributed by atoms with Gasteiger partial charge in [-0.3, -0.25) is 9.48 Å². The van der Waals surface area contributed by atoms with E-state index in [0.717, 1.165) is 12.1 Å². The third-order valence-electron chi connectivity index (χ3n) is 5.46. The number of carbonyl (C=O) groups is 1. The van der Waals surface area contributed by atoms with Crippen LogP contribution in [-0.2, 0) is 24.1 Å². The van der Waals surface area contributed by atoms with Crippen LogP contribution in [0.1, 0.15) is 29.3 Å². The molecule has 2 aromatic heterocycles. The standard InChI is InChI=1S/C21H21F4N7O/c1-11-17-18(31(3)12(2)19(33)29-17)30-20(28-11)26-7-13-8-27-32(9-13)10-14-4-5-15(22)6-16(14)21(23,24)25/h4-6,8-9,12H,7,10H2,1-3H3,(H,29,33)(H,26,28,30)/t12-/m0/s1. The molecule has 8 nitrogen and oxygen atoms in total. The highest BCUT2D eigenvalue weighted by Crippen LogP contribution is 2.33. The maximum absolute atomic E-state index is 13.3. The number of anilines is 3. The zero-order valence-corrected chi connectivity index (χ0v) is 18.0. The van der Waals surface area contributed by atoms with Gasteiger partial charge in [0.15, 0.2) is 5.82 Å². The molecule has 0 aliphatic carbocycles. The van der Waals surface area contributed by atoms with Gasteiger partial charge in [0.25, 0.3) is 0 Å². The van der Waals surface area contributed by atoms with Crippen LogP contribution in [0.3, 0.4) is 0 Å². The molecule has 1 amide bonds. The molecule has 12 heteroatoms. The van der Waals surface area contributed by atoms with E-state index in [9.17, 15) is 22.4 Å². The molecule has 0 spiro atoms. The number of hydrogen-bond acceptors (Lipinski definition) is 6. The molecule has 1 aromatic carbocycles. The third kappa shape index (κ3) is 4.59. The Kier molecular flexibility index (Phi) is 5.68. The number of alkyl halides is 3. The molecule has 1 atom stereocenters. The van der Waals surface area contributed by atoms with Gasteiger partial charge < -0.3 is 15.5 Å². The molecule has 1 aliphatic heterocycles. The molecule has 0 unspecified atom stereocenters. The number of nitrogens with zero attached hydrogens (tertiary/aromatic N) is 5. The van der Waals surface area contributed by atoms with Crippen molar-refractivity contribution in [1.82, 2.24) is 19.7 Å². The van der Waals surface area contributed by atoms with E-state index < -0.39 is 17.6 Å². The van der Waals surface area contributed by atoms with Crippen molar-refractivity contribution in [3.05, 3.63) is 58.8 Å². The van der Waals surface area contributed by atoms with Crippen molar-refractivity contribution in [2.24, 2.45) is 0 Å². The first-order valence-electron chi connectivity index (χ1n) is 10.1.